The van der Waals surface area contributed by atoms with Crippen LogP contribution in [0.4, 0.5) is 13.2 Å². The second-order valence-corrected chi connectivity index (χ2v) is 11.5. The fourth-order valence-electron chi connectivity index (χ4n) is 4.28. The van der Waals surface area contributed by atoms with Crippen LogP contribution in [-0.4, -0.2) is 75.7 Å². The maximum atomic E-state index is 13.5. The van der Waals surface area contributed by atoms with Gasteiger partial charge in [0.05, 0.1) is 16.9 Å². The maximum absolute atomic E-state index is 13.5. The van der Waals surface area contributed by atoms with Gasteiger partial charge in [-0.25, -0.2) is 13.5 Å². The van der Waals surface area contributed by atoms with Crippen LogP contribution in [0.2, 0.25) is 0 Å². The highest BCUT2D eigenvalue weighted by molar-refractivity contribution is 7.89. The molecule has 1 atom stereocenters. The molecule has 0 bridgehead atoms. The first-order valence-electron chi connectivity index (χ1n) is 12.4. The van der Waals surface area contributed by atoms with E-state index in [1.165, 1.54) is 4.90 Å². The fourth-order valence-corrected chi connectivity index (χ4v) is 5.85. The molecule has 1 fully saturated rings. The van der Waals surface area contributed by atoms with Gasteiger partial charge in [-0.3, -0.25) is 9.59 Å². The van der Waals surface area contributed by atoms with E-state index in [9.17, 15) is 31.2 Å². The first-order chi connectivity index (χ1) is 18.9. The van der Waals surface area contributed by atoms with Crippen LogP contribution in [0.1, 0.15) is 42.3 Å². The van der Waals surface area contributed by atoms with E-state index < -0.39 is 44.5 Å². The molecule has 0 spiro atoms. The summed E-state index contributed by atoms with van der Waals surface area (Å²) in [6, 6.07) is 9.33. The van der Waals surface area contributed by atoms with Gasteiger partial charge in [-0.2, -0.15) is 17.5 Å². The van der Waals surface area contributed by atoms with Gasteiger partial charge in [-0.15, -0.1) is 5.10 Å². The van der Waals surface area contributed by atoms with E-state index in [2.05, 4.69) is 39.8 Å². The Morgan fingerprint density at radius 3 is 2.33 bits per heavy atom. The topological polar surface area (TPSA) is 141 Å². The van der Waals surface area contributed by atoms with Crippen LogP contribution in [0.15, 0.2) is 53.4 Å². The van der Waals surface area contributed by atoms with Gasteiger partial charge >= 0.3 is 6.18 Å². The number of amides is 2. The molecule has 0 saturated carbocycles. The van der Waals surface area contributed by atoms with Crippen molar-refractivity contribution in [2.45, 2.75) is 49.8 Å². The third-order valence-corrected chi connectivity index (χ3v) is 8.52. The molecule has 4 rings (SSSR count). The van der Waals surface area contributed by atoms with Crippen molar-refractivity contribution in [3.05, 3.63) is 71.0 Å². The molecule has 2 heterocycles. The number of tetrazole rings is 1. The number of hydrogen-bond acceptors (Lipinski definition) is 7. The number of H-pyrrole nitrogens is 1. The first kappa shape index (κ1) is 29.1. The summed E-state index contributed by atoms with van der Waals surface area (Å²) in [4.78, 5) is 27.2. The Bertz CT molecular complexity index is 1430. The minimum absolute atomic E-state index is 0.0410. The van der Waals surface area contributed by atoms with Crippen molar-refractivity contribution in [3.63, 3.8) is 0 Å². The average Bonchev–Trinajstić information content (AvgIpc) is 3.44. The number of benzene rings is 2. The predicted octanol–water partition coefficient (Wildman–Crippen LogP) is 2.10. The fraction of sp³-hybridized carbons (Fsp3) is 0.400. The summed E-state index contributed by atoms with van der Waals surface area (Å²) in [5.74, 6) is -0.545. The Morgan fingerprint density at radius 2 is 1.75 bits per heavy atom. The second-order valence-electron chi connectivity index (χ2n) is 9.63. The van der Waals surface area contributed by atoms with Crippen molar-refractivity contribution >= 4 is 21.8 Å². The van der Waals surface area contributed by atoms with E-state index in [4.69, 9.17) is 0 Å². The first-order valence-corrected chi connectivity index (χ1v) is 13.9. The lowest BCUT2D eigenvalue weighted by atomic mass is 10.0. The summed E-state index contributed by atoms with van der Waals surface area (Å²) in [6.45, 7) is 3.67. The molecule has 214 valence electrons. The van der Waals surface area contributed by atoms with Crippen molar-refractivity contribution in [1.29, 1.82) is 0 Å². The lowest BCUT2D eigenvalue weighted by Crippen LogP contribution is -2.61. The molecule has 0 unspecified atom stereocenters. The number of sulfonamides is 1. The highest BCUT2D eigenvalue weighted by Gasteiger charge is 2.41. The summed E-state index contributed by atoms with van der Waals surface area (Å²) in [7, 11) is -4.39. The highest BCUT2D eigenvalue weighted by Crippen LogP contribution is 2.31. The Labute approximate surface area is 228 Å². The summed E-state index contributed by atoms with van der Waals surface area (Å²) in [5, 5.41) is 15.7. The molecule has 1 saturated heterocycles. The molecule has 2 amide bonds. The number of aromatic nitrogens is 4. The van der Waals surface area contributed by atoms with Gasteiger partial charge in [0.2, 0.25) is 21.8 Å². The van der Waals surface area contributed by atoms with Crippen LogP contribution in [-0.2, 0) is 38.8 Å². The molecular weight excluding hydrogens is 551 g/mol. The van der Waals surface area contributed by atoms with Crippen molar-refractivity contribution in [2.75, 3.05) is 19.6 Å². The zero-order valence-corrected chi connectivity index (χ0v) is 22.5. The molecule has 11 nitrogen and oxygen atoms in total. The van der Waals surface area contributed by atoms with E-state index in [0.717, 1.165) is 27.6 Å². The average molecular weight is 580 g/mol. The lowest BCUT2D eigenvalue weighted by Gasteiger charge is -2.39. The number of rotatable bonds is 8. The van der Waals surface area contributed by atoms with E-state index in [1.807, 2.05) is 24.3 Å². The number of nitrogens with zero attached hydrogens (tertiary/aromatic N) is 5. The Morgan fingerprint density at radius 1 is 1.07 bits per heavy atom. The minimum Gasteiger partial charge on any atom is -0.351 e. The largest absolute Gasteiger partial charge is 0.416 e. The van der Waals surface area contributed by atoms with Gasteiger partial charge in [-0.1, -0.05) is 38.1 Å². The number of carbonyl (C=O) groups is 2. The van der Waals surface area contributed by atoms with Gasteiger partial charge in [0.1, 0.15) is 6.04 Å². The van der Waals surface area contributed by atoms with Gasteiger partial charge < -0.3 is 10.2 Å². The number of piperazine rings is 1. The van der Waals surface area contributed by atoms with E-state index in [1.54, 1.807) is 0 Å². The number of hydrogen-bond donors (Lipinski definition) is 2. The molecule has 3 aromatic rings. The van der Waals surface area contributed by atoms with Crippen LogP contribution in [0.5, 0.6) is 0 Å². The Kier molecular flexibility index (Phi) is 8.54. The smallest absolute Gasteiger partial charge is 0.351 e. The van der Waals surface area contributed by atoms with Crippen molar-refractivity contribution in [1.82, 2.24) is 35.1 Å². The molecule has 1 aromatic heterocycles. The number of nitrogens with one attached hydrogen (secondary N) is 2. The molecule has 2 N–H and O–H groups in total. The molecule has 0 radical (unpaired) electrons. The second kappa shape index (κ2) is 11.7. The highest BCUT2D eigenvalue weighted by atomic mass is 32.2. The standard InChI is InChI=1S/C25H28F3N7O4S/c1-16(2)18-5-3-17(4-6-18)14-29-24(37)21-15-34(23(36)13-22-30-32-33-31-22)11-12-35(21)40(38,39)20-9-7-19(8-10-20)25(26,27)28/h3-10,16,21H,11-15H2,1-2H3,(H,29,37)(H,30,31,32,33)/t21-/m1/s1. The maximum Gasteiger partial charge on any atom is 0.416 e. The Balaban J connectivity index is 1.56. The summed E-state index contributed by atoms with van der Waals surface area (Å²) in [5.41, 5.74) is 0.908. The quantitative estimate of drug-likeness (QED) is 0.416. The molecule has 15 heteroatoms. The number of carbonyl (C=O) groups excluding carboxylic acids is 2. The zero-order valence-electron chi connectivity index (χ0n) is 21.7. The van der Waals surface area contributed by atoms with E-state index >= 15 is 0 Å². The van der Waals surface area contributed by atoms with Crippen LogP contribution >= 0.6 is 0 Å². The lowest BCUT2D eigenvalue weighted by molar-refractivity contribution is -0.138. The SMILES string of the molecule is CC(C)c1ccc(CNC(=O)[C@H]2CN(C(=O)Cc3nnn[nH]3)CCN2S(=O)(=O)c2ccc(C(F)(F)F)cc2)cc1. The molecule has 1 aliphatic rings. The monoisotopic (exact) mass is 579 g/mol. The third-order valence-electron chi connectivity index (χ3n) is 6.60. The predicted molar refractivity (Wildman–Crippen MR) is 136 cm³/mol. The molecule has 0 aliphatic carbocycles. The number of aromatic amines is 1. The van der Waals surface area contributed by atoms with Crippen LogP contribution in [0.25, 0.3) is 0 Å². The zero-order chi connectivity index (χ0) is 29.1. The van der Waals surface area contributed by atoms with E-state index in [-0.39, 0.29) is 38.4 Å². The number of halogens is 3. The molecule has 1 aliphatic heterocycles. The van der Waals surface area contributed by atoms with Crippen molar-refractivity contribution in [3.8, 4) is 0 Å². The van der Waals surface area contributed by atoms with Crippen LogP contribution in [0, 0.1) is 0 Å². The third kappa shape index (κ3) is 6.65. The van der Waals surface area contributed by atoms with Crippen molar-refractivity contribution in [2.24, 2.45) is 0 Å². The van der Waals surface area contributed by atoms with Gasteiger partial charge in [-0.05, 0) is 51.7 Å². The minimum atomic E-state index is -4.64. The molecule has 40 heavy (non-hydrogen) atoms. The number of alkyl halides is 3. The normalized spacial score (nSPS) is 16.8. The van der Waals surface area contributed by atoms with E-state index in [0.29, 0.717) is 18.1 Å². The van der Waals surface area contributed by atoms with Gasteiger partial charge in [0.25, 0.3) is 0 Å². The molecule has 2 aromatic carbocycles. The van der Waals surface area contributed by atoms with Crippen molar-refractivity contribution < 1.29 is 31.2 Å². The Hall–Kier alpha value is -3.85. The summed E-state index contributed by atoms with van der Waals surface area (Å²) >= 11 is 0. The summed E-state index contributed by atoms with van der Waals surface area (Å²) in [6.07, 6.45) is -4.82. The summed E-state index contributed by atoms with van der Waals surface area (Å²) < 4.78 is 67.0. The van der Waals surface area contributed by atoms with Gasteiger partial charge in [0.15, 0.2) is 5.82 Å². The van der Waals surface area contributed by atoms with Gasteiger partial charge in [0, 0.05) is 26.2 Å². The van der Waals surface area contributed by atoms with Crippen LogP contribution in [0.3, 0.4) is 0 Å². The van der Waals surface area contributed by atoms with Crippen LogP contribution < -0.4 is 5.32 Å². The molecular formula is C25H28F3N7O4S.